The van der Waals surface area contributed by atoms with Crippen molar-refractivity contribution in [3.05, 3.63) is 82.5 Å². The molecule has 5 nitrogen and oxygen atoms in total. The van der Waals surface area contributed by atoms with Crippen molar-refractivity contribution < 1.29 is 8.42 Å². The first kappa shape index (κ1) is 21.1. The van der Waals surface area contributed by atoms with Crippen molar-refractivity contribution >= 4 is 37.2 Å². The first-order valence-corrected chi connectivity index (χ1v) is 13.4. The van der Waals surface area contributed by atoms with Gasteiger partial charge in [0.05, 0.1) is 16.0 Å². The highest BCUT2D eigenvalue weighted by Gasteiger charge is 2.22. The van der Waals surface area contributed by atoms with Crippen LogP contribution in [-0.2, 0) is 29.1 Å². The topological polar surface area (TPSA) is 72.0 Å². The van der Waals surface area contributed by atoms with Gasteiger partial charge in [-0.2, -0.15) is 0 Å². The third-order valence-electron chi connectivity index (χ3n) is 5.83. The summed E-state index contributed by atoms with van der Waals surface area (Å²) in [5.41, 5.74) is 2.50. The second kappa shape index (κ2) is 9.00. The Balaban J connectivity index is 1.45. The molecule has 0 atom stereocenters. The predicted molar refractivity (Wildman–Crippen MR) is 130 cm³/mol. The summed E-state index contributed by atoms with van der Waals surface area (Å²) in [5, 5.41) is 4.43. The van der Waals surface area contributed by atoms with Gasteiger partial charge in [0.25, 0.3) is 0 Å². The van der Waals surface area contributed by atoms with Crippen LogP contribution in [0.2, 0.25) is 0 Å². The zero-order chi connectivity index (χ0) is 22.0. The molecule has 0 amide bonds. The fraction of sp³-hybridized carbons (Fsp3) is 0.280. The van der Waals surface area contributed by atoms with Gasteiger partial charge in [-0.15, -0.1) is 11.3 Å². The predicted octanol–water partition coefficient (Wildman–Crippen LogP) is 5.05. The van der Waals surface area contributed by atoms with Crippen LogP contribution in [0.3, 0.4) is 0 Å². The van der Waals surface area contributed by atoms with Crippen LogP contribution in [-0.4, -0.2) is 30.7 Å². The normalized spacial score (nSPS) is 13.8. The number of sulfone groups is 1. The van der Waals surface area contributed by atoms with Gasteiger partial charge in [-0.05, 0) is 48.9 Å². The summed E-state index contributed by atoms with van der Waals surface area (Å²) >= 11 is 1.77. The molecule has 0 bridgehead atoms. The van der Waals surface area contributed by atoms with Crippen LogP contribution in [0, 0.1) is 0 Å². The molecule has 1 N–H and O–H groups in total. The molecule has 0 fully saturated rings. The summed E-state index contributed by atoms with van der Waals surface area (Å²) in [6.45, 7) is 0.304. The molecule has 32 heavy (non-hydrogen) atoms. The average molecular weight is 464 g/mol. The van der Waals surface area contributed by atoms with Crippen molar-refractivity contribution in [2.24, 2.45) is 0 Å². The Labute approximate surface area is 192 Å². The Morgan fingerprint density at radius 2 is 1.62 bits per heavy atom. The van der Waals surface area contributed by atoms with E-state index >= 15 is 0 Å². The summed E-state index contributed by atoms with van der Waals surface area (Å²) in [6, 6.07) is 18.8. The van der Waals surface area contributed by atoms with Crippen molar-refractivity contribution in [2.45, 2.75) is 37.0 Å². The third-order valence-corrected chi connectivity index (χ3v) is 8.75. The van der Waals surface area contributed by atoms with E-state index in [1.54, 1.807) is 35.6 Å². The van der Waals surface area contributed by atoms with Gasteiger partial charge in [0.1, 0.15) is 16.5 Å². The number of rotatable bonds is 7. The van der Waals surface area contributed by atoms with Crippen LogP contribution in [0.25, 0.3) is 10.2 Å². The maximum absolute atomic E-state index is 12.7. The minimum absolute atomic E-state index is 0.0167. The van der Waals surface area contributed by atoms with E-state index in [2.05, 4.69) is 17.4 Å². The second-order valence-electron chi connectivity index (χ2n) is 8.10. The van der Waals surface area contributed by atoms with Crippen LogP contribution in [0.4, 0.5) is 5.82 Å². The molecule has 1 aliphatic rings. The highest BCUT2D eigenvalue weighted by atomic mass is 32.2. The molecule has 0 aliphatic heterocycles. The van der Waals surface area contributed by atoms with Crippen molar-refractivity contribution in [3.8, 4) is 0 Å². The Morgan fingerprint density at radius 1 is 0.906 bits per heavy atom. The fourth-order valence-electron chi connectivity index (χ4n) is 4.24. The molecule has 2 aromatic heterocycles. The zero-order valence-electron chi connectivity index (χ0n) is 17.8. The molecule has 0 spiro atoms. The van der Waals surface area contributed by atoms with E-state index in [9.17, 15) is 8.42 Å². The molecule has 1 aliphatic carbocycles. The number of fused-ring (bicyclic) bond motifs is 3. The smallest absolute Gasteiger partial charge is 0.180 e. The summed E-state index contributed by atoms with van der Waals surface area (Å²) in [5.74, 6) is 1.54. The number of hydrogen-bond donors (Lipinski definition) is 1. The molecule has 2 aromatic carbocycles. The van der Waals surface area contributed by atoms with Gasteiger partial charge in [-0.3, -0.25) is 0 Å². The minimum Gasteiger partial charge on any atom is -0.368 e. The first-order chi connectivity index (χ1) is 15.6. The SMILES string of the molecule is O=S(=O)(CCNc1nc(Cc2ccccc2)nc2sc3c(c12)CCCC3)c1ccccc1. The van der Waals surface area contributed by atoms with Crippen molar-refractivity contribution in [1.82, 2.24) is 9.97 Å². The quantitative estimate of drug-likeness (QED) is 0.415. The lowest BCUT2D eigenvalue weighted by molar-refractivity contribution is 0.596. The van der Waals surface area contributed by atoms with Crippen LogP contribution in [0.1, 0.15) is 34.7 Å². The minimum atomic E-state index is -3.35. The van der Waals surface area contributed by atoms with Gasteiger partial charge in [-0.25, -0.2) is 18.4 Å². The number of aromatic nitrogens is 2. The van der Waals surface area contributed by atoms with E-state index in [-0.39, 0.29) is 5.75 Å². The van der Waals surface area contributed by atoms with E-state index in [4.69, 9.17) is 9.97 Å². The van der Waals surface area contributed by atoms with Crippen molar-refractivity contribution in [1.29, 1.82) is 0 Å². The van der Waals surface area contributed by atoms with Crippen LogP contribution in [0.5, 0.6) is 0 Å². The lowest BCUT2D eigenvalue weighted by atomic mass is 9.97. The number of aryl methyl sites for hydroxylation is 2. The molecular weight excluding hydrogens is 438 g/mol. The lowest BCUT2D eigenvalue weighted by Crippen LogP contribution is -2.17. The van der Waals surface area contributed by atoms with E-state index in [0.29, 0.717) is 17.9 Å². The Hall–Kier alpha value is -2.77. The Kier molecular flexibility index (Phi) is 5.93. The zero-order valence-corrected chi connectivity index (χ0v) is 19.4. The number of nitrogens with zero attached hydrogens (tertiary/aromatic N) is 2. The largest absolute Gasteiger partial charge is 0.368 e. The average Bonchev–Trinajstić information content (AvgIpc) is 3.19. The maximum Gasteiger partial charge on any atom is 0.180 e. The van der Waals surface area contributed by atoms with Crippen molar-refractivity contribution in [3.63, 3.8) is 0 Å². The molecule has 4 aromatic rings. The van der Waals surface area contributed by atoms with Crippen molar-refractivity contribution in [2.75, 3.05) is 17.6 Å². The van der Waals surface area contributed by atoms with Crippen LogP contribution >= 0.6 is 11.3 Å². The number of hydrogen-bond acceptors (Lipinski definition) is 6. The fourth-order valence-corrected chi connectivity index (χ4v) is 6.69. The Morgan fingerprint density at radius 3 is 2.41 bits per heavy atom. The molecule has 7 heteroatoms. The summed E-state index contributed by atoms with van der Waals surface area (Å²) in [7, 11) is -3.35. The molecule has 0 saturated heterocycles. The molecule has 0 saturated carbocycles. The van der Waals surface area contributed by atoms with Gasteiger partial charge in [0.2, 0.25) is 0 Å². The van der Waals surface area contributed by atoms with Gasteiger partial charge >= 0.3 is 0 Å². The number of benzene rings is 2. The van der Waals surface area contributed by atoms with Crippen LogP contribution in [0.15, 0.2) is 65.6 Å². The summed E-state index contributed by atoms with van der Waals surface area (Å²) in [4.78, 5) is 12.5. The maximum atomic E-state index is 12.7. The molecule has 2 heterocycles. The third kappa shape index (κ3) is 4.40. The van der Waals surface area contributed by atoms with Crippen LogP contribution < -0.4 is 5.32 Å². The van der Waals surface area contributed by atoms with E-state index in [1.807, 2.05) is 24.3 Å². The van der Waals surface area contributed by atoms with E-state index in [0.717, 1.165) is 40.3 Å². The van der Waals surface area contributed by atoms with Gasteiger partial charge in [0, 0.05) is 17.8 Å². The van der Waals surface area contributed by atoms with Gasteiger partial charge in [-0.1, -0.05) is 48.5 Å². The van der Waals surface area contributed by atoms with E-state index < -0.39 is 9.84 Å². The summed E-state index contributed by atoms with van der Waals surface area (Å²) < 4.78 is 25.4. The lowest BCUT2D eigenvalue weighted by Gasteiger charge is -2.13. The Bertz CT molecular complexity index is 1330. The number of nitrogens with one attached hydrogen (secondary N) is 1. The second-order valence-corrected chi connectivity index (χ2v) is 11.3. The molecule has 164 valence electrons. The molecule has 0 radical (unpaired) electrons. The standard InChI is InChI=1S/C25H25N3O2S2/c29-32(30,19-11-5-2-6-12-19)16-15-26-24-23-20-13-7-8-14-21(20)31-25(23)28-22(27-24)17-18-9-3-1-4-10-18/h1-6,9-12H,7-8,13-17H2,(H,26,27,28). The highest BCUT2D eigenvalue weighted by molar-refractivity contribution is 7.91. The molecular formula is C25H25N3O2S2. The summed E-state index contributed by atoms with van der Waals surface area (Å²) in [6.07, 6.45) is 5.16. The monoisotopic (exact) mass is 463 g/mol. The number of thiophene rings is 1. The molecule has 0 unspecified atom stereocenters. The number of anilines is 1. The van der Waals surface area contributed by atoms with Gasteiger partial charge in [0.15, 0.2) is 9.84 Å². The first-order valence-electron chi connectivity index (χ1n) is 11.0. The molecule has 5 rings (SSSR count). The highest BCUT2D eigenvalue weighted by Crippen LogP contribution is 2.38. The van der Waals surface area contributed by atoms with Gasteiger partial charge < -0.3 is 5.32 Å². The van der Waals surface area contributed by atoms with E-state index in [1.165, 1.54) is 23.3 Å².